The first-order chi connectivity index (χ1) is 9.71. The Morgan fingerprint density at radius 3 is 2.35 bits per heavy atom. The quantitative estimate of drug-likeness (QED) is 0.740. The highest BCUT2D eigenvalue weighted by molar-refractivity contribution is 5.07. The molecule has 2 saturated carbocycles. The second-order valence-corrected chi connectivity index (χ2v) is 6.90. The van der Waals surface area contributed by atoms with Crippen LogP contribution in [0.3, 0.4) is 0 Å². The molecular weight excluding hydrogens is 246 g/mol. The predicted molar refractivity (Wildman–Crippen MR) is 86.0 cm³/mol. The highest BCUT2D eigenvalue weighted by Crippen LogP contribution is 2.50. The zero-order valence-corrected chi connectivity index (χ0v) is 14.1. The van der Waals surface area contributed by atoms with Crippen molar-refractivity contribution in [2.24, 2.45) is 11.3 Å². The van der Waals surface area contributed by atoms with E-state index in [-0.39, 0.29) is 0 Å². The molecule has 2 nitrogen and oxygen atoms in total. The Morgan fingerprint density at radius 1 is 1.05 bits per heavy atom. The molecule has 4 atom stereocenters. The van der Waals surface area contributed by atoms with Crippen LogP contribution in [-0.4, -0.2) is 24.8 Å². The highest BCUT2D eigenvalue weighted by atomic mass is 16.5. The summed E-state index contributed by atoms with van der Waals surface area (Å²) in [5.74, 6) is 0.813. The van der Waals surface area contributed by atoms with Gasteiger partial charge in [-0.3, -0.25) is 0 Å². The molecule has 0 aromatic carbocycles. The minimum atomic E-state index is 0.395. The van der Waals surface area contributed by atoms with E-state index in [0.717, 1.165) is 12.5 Å². The van der Waals surface area contributed by atoms with E-state index < -0.39 is 0 Å². The van der Waals surface area contributed by atoms with Gasteiger partial charge in [-0.05, 0) is 44.6 Å². The van der Waals surface area contributed by atoms with E-state index in [1.165, 1.54) is 51.4 Å². The van der Waals surface area contributed by atoms with E-state index >= 15 is 0 Å². The first-order valence-corrected chi connectivity index (χ1v) is 9.10. The SMILES string of the molecule is CCNC1CC(OC2CCCCC2CC)C1(CC)CC. The Kier molecular flexibility index (Phi) is 5.92. The first-order valence-electron chi connectivity index (χ1n) is 9.10. The second-order valence-electron chi connectivity index (χ2n) is 6.90. The molecule has 0 aromatic rings. The molecule has 0 heterocycles. The number of nitrogens with one attached hydrogen (secondary N) is 1. The third kappa shape index (κ3) is 2.92. The van der Waals surface area contributed by atoms with E-state index in [1.54, 1.807) is 0 Å². The van der Waals surface area contributed by atoms with Gasteiger partial charge in [-0.15, -0.1) is 0 Å². The maximum absolute atomic E-state index is 6.67. The standard InChI is InChI=1S/C18H35NO/c1-5-14-11-9-10-12-15(14)20-17-13-16(19-8-4)18(17,6-2)7-3/h14-17,19H,5-13H2,1-4H3. The van der Waals surface area contributed by atoms with Gasteiger partial charge in [0, 0.05) is 11.5 Å². The molecule has 0 spiro atoms. The third-order valence-electron chi connectivity index (χ3n) is 6.25. The minimum absolute atomic E-state index is 0.395. The van der Waals surface area contributed by atoms with Gasteiger partial charge in [0.15, 0.2) is 0 Å². The van der Waals surface area contributed by atoms with Crippen molar-refractivity contribution in [1.82, 2.24) is 5.32 Å². The van der Waals surface area contributed by atoms with Crippen molar-refractivity contribution in [2.75, 3.05) is 6.54 Å². The summed E-state index contributed by atoms with van der Waals surface area (Å²) < 4.78 is 6.67. The van der Waals surface area contributed by atoms with Gasteiger partial charge < -0.3 is 10.1 Å². The van der Waals surface area contributed by atoms with E-state index in [0.29, 0.717) is 23.7 Å². The summed E-state index contributed by atoms with van der Waals surface area (Å²) in [6, 6.07) is 0.677. The van der Waals surface area contributed by atoms with Gasteiger partial charge in [-0.2, -0.15) is 0 Å². The van der Waals surface area contributed by atoms with Gasteiger partial charge >= 0.3 is 0 Å². The van der Waals surface area contributed by atoms with Crippen molar-refractivity contribution in [3.63, 3.8) is 0 Å². The number of rotatable bonds is 7. The molecule has 0 radical (unpaired) electrons. The average molecular weight is 281 g/mol. The largest absolute Gasteiger partial charge is 0.374 e. The Labute approximate surface area is 126 Å². The Bertz CT molecular complexity index is 287. The van der Waals surface area contributed by atoms with Crippen LogP contribution >= 0.6 is 0 Å². The molecule has 0 aromatic heterocycles. The molecular formula is C18H35NO. The van der Waals surface area contributed by atoms with Gasteiger partial charge in [-0.1, -0.05) is 47.0 Å². The van der Waals surface area contributed by atoms with Crippen LogP contribution in [-0.2, 0) is 4.74 Å². The summed E-state index contributed by atoms with van der Waals surface area (Å²) in [6.45, 7) is 10.3. The number of ether oxygens (including phenoxy) is 1. The fraction of sp³-hybridized carbons (Fsp3) is 1.00. The van der Waals surface area contributed by atoms with Crippen molar-refractivity contribution in [3.8, 4) is 0 Å². The maximum Gasteiger partial charge on any atom is 0.0664 e. The lowest BCUT2D eigenvalue weighted by Gasteiger charge is -2.57. The van der Waals surface area contributed by atoms with Gasteiger partial charge in [0.05, 0.1) is 12.2 Å². The average Bonchev–Trinajstić information content (AvgIpc) is 2.48. The summed E-state index contributed by atoms with van der Waals surface area (Å²) in [5, 5.41) is 3.69. The second kappa shape index (κ2) is 7.26. The van der Waals surface area contributed by atoms with Crippen LogP contribution in [0.25, 0.3) is 0 Å². The fourth-order valence-electron chi connectivity index (χ4n) is 4.70. The van der Waals surface area contributed by atoms with Gasteiger partial charge in [0.2, 0.25) is 0 Å². The van der Waals surface area contributed by atoms with Gasteiger partial charge in [-0.25, -0.2) is 0 Å². The van der Waals surface area contributed by atoms with Crippen LogP contribution in [0.1, 0.15) is 79.1 Å². The highest BCUT2D eigenvalue weighted by Gasteiger charge is 2.53. The van der Waals surface area contributed by atoms with E-state index in [1.807, 2.05) is 0 Å². The third-order valence-corrected chi connectivity index (χ3v) is 6.25. The number of hydrogen-bond acceptors (Lipinski definition) is 2. The van der Waals surface area contributed by atoms with Crippen LogP contribution in [0.2, 0.25) is 0 Å². The predicted octanol–water partition coefficient (Wildman–Crippen LogP) is 4.53. The molecule has 0 amide bonds. The Hall–Kier alpha value is -0.0800. The molecule has 4 unspecified atom stereocenters. The monoisotopic (exact) mass is 281 g/mol. The Balaban J connectivity index is 1.98. The summed E-state index contributed by atoms with van der Waals surface area (Å²) in [6.07, 6.45) is 11.5. The van der Waals surface area contributed by atoms with Crippen LogP contribution in [0.15, 0.2) is 0 Å². The van der Waals surface area contributed by atoms with Gasteiger partial charge in [0.25, 0.3) is 0 Å². The van der Waals surface area contributed by atoms with Gasteiger partial charge in [0.1, 0.15) is 0 Å². The summed E-state index contributed by atoms with van der Waals surface area (Å²) in [4.78, 5) is 0. The van der Waals surface area contributed by atoms with Crippen LogP contribution in [0.4, 0.5) is 0 Å². The molecule has 1 N–H and O–H groups in total. The lowest BCUT2D eigenvalue weighted by molar-refractivity contribution is -0.183. The van der Waals surface area contributed by atoms with E-state index in [9.17, 15) is 0 Å². The van der Waals surface area contributed by atoms with Crippen LogP contribution in [0, 0.1) is 11.3 Å². The molecule has 2 aliphatic carbocycles. The zero-order chi connectivity index (χ0) is 14.6. The van der Waals surface area contributed by atoms with Crippen molar-refractivity contribution in [3.05, 3.63) is 0 Å². The van der Waals surface area contributed by atoms with Crippen molar-refractivity contribution >= 4 is 0 Å². The normalized spacial score (nSPS) is 36.6. The fourth-order valence-corrected chi connectivity index (χ4v) is 4.70. The molecule has 2 rings (SSSR count). The molecule has 0 aliphatic heterocycles. The maximum atomic E-state index is 6.67. The summed E-state index contributed by atoms with van der Waals surface area (Å²) >= 11 is 0. The minimum Gasteiger partial charge on any atom is -0.374 e. The van der Waals surface area contributed by atoms with Crippen LogP contribution < -0.4 is 5.32 Å². The van der Waals surface area contributed by atoms with Crippen molar-refractivity contribution in [2.45, 2.75) is 97.3 Å². The number of hydrogen-bond donors (Lipinski definition) is 1. The molecule has 2 aliphatic rings. The van der Waals surface area contributed by atoms with E-state index in [4.69, 9.17) is 4.74 Å². The lowest BCUT2D eigenvalue weighted by Crippen LogP contribution is -2.64. The zero-order valence-electron chi connectivity index (χ0n) is 14.1. The molecule has 0 saturated heterocycles. The Morgan fingerprint density at radius 2 is 1.75 bits per heavy atom. The summed E-state index contributed by atoms with van der Waals surface area (Å²) in [7, 11) is 0. The van der Waals surface area contributed by atoms with Crippen molar-refractivity contribution < 1.29 is 4.74 Å². The molecule has 20 heavy (non-hydrogen) atoms. The molecule has 0 bridgehead atoms. The molecule has 2 fully saturated rings. The smallest absolute Gasteiger partial charge is 0.0664 e. The summed E-state index contributed by atoms with van der Waals surface area (Å²) in [5.41, 5.74) is 0.395. The van der Waals surface area contributed by atoms with Crippen LogP contribution in [0.5, 0.6) is 0 Å². The molecule has 118 valence electrons. The van der Waals surface area contributed by atoms with Crippen molar-refractivity contribution in [1.29, 1.82) is 0 Å². The topological polar surface area (TPSA) is 21.3 Å². The lowest BCUT2D eigenvalue weighted by atomic mass is 9.58. The molecule has 2 heteroatoms. The first kappa shape index (κ1) is 16.3. The van der Waals surface area contributed by atoms with E-state index in [2.05, 4.69) is 33.0 Å².